The molecule has 0 aromatic heterocycles. The second-order valence-corrected chi connectivity index (χ2v) is 5.53. The van der Waals surface area contributed by atoms with Gasteiger partial charge in [-0.25, -0.2) is 10.9 Å². The fourth-order valence-corrected chi connectivity index (χ4v) is 2.69. The van der Waals surface area contributed by atoms with Crippen molar-refractivity contribution in [2.75, 3.05) is 0 Å². The molecule has 2 rings (SSSR count). The number of amides is 1. The number of hydrogen-bond acceptors (Lipinski definition) is 4. The molecule has 1 saturated heterocycles. The number of carbonyl (C=O) groups is 1. The highest BCUT2D eigenvalue weighted by atomic mass is 32.2. The van der Waals surface area contributed by atoms with E-state index in [0.717, 1.165) is 16.1 Å². The van der Waals surface area contributed by atoms with Crippen LogP contribution in [0.25, 0.3) is 6.08 Å². The van der Waals surface area contributed by atoms with E-state index in [4.69, 9.17) is 18.1 Å². The number of carbonyl (C=O) groups excluding carboxylic acids is 1. The number of allylic oxidation sites excluding steroid dienone is 2. The highest BCUT2D eigenvalue weighted by molar-refractivity contribution is 8.26. The molecule has 0 unspecified atom stereocenters. The number of thiocarbonyl (C=S) groups is 1. The molecule has 92 valence electrons. The Morgan fingerprint density at radius 1 is 1.39 bits per heavy atom. The van der Waals surface area contributed by atoms with E-state index in [0.29, 0.717) is 9.23 Å². The molecule has 1 aliphatic rings. The third-order valence-corrected chi connectivity index (χ3v) is 3.71. The molecule has 1 aromatic carbocycles. The van der Waals surface area contributed by atoms with Gasteiger partial charge in [0.25, 0.3) is 5.91 Å². The van der Waals surface area contributed by atoms with E-state index in [9.17, 15) is 4.79 Å². The summed E-state index contributed by atoms with van der Waals surface area (Å²) in [5.74, 6) is 5.26. The first kappa shape index (κ1) is 13.0. The van der Waals surface area contributed by atoms with Crippen molar-refractivity contribution in [1.29, 1.82) is 0 Å². The minimum atomic E-state index is -0.245. The largest absolute Gasteiger partial charge is 0.280 e. The maximum atomic E-state index is 11.7. The van der Waals surface area contributed by atoms with Crippen LogP contribution in [0.2, 0.25) is 0 Å². The topological polar surface area (TPSA) is 46.3 Å². The number of nitrogens with two attached hydrogens (primary N) is 1. The van der Waals surface area contributed by atoms with Gasteiger partial charge in [-0.3, -0.25) is 4.79 Å². The van der Waals surface area contributed by atoms with Crippen LogP contribution in [-0.4, -0.2) is 15.2 Å². The second-order valence-electron chi connectivity index (χ2n) is 3.85. The monoisotopic (exact) mass is 276 g/mol. The molecule has 0 saturated carbocycles. The van der Waals surface area contributed by atoms with Gasteiger partial charge >= 0.3 is 0 Å². The fraction of sp³-hybridized carbons (Fsp3) is 0.0769. The summed E-state index contributed by atoms with van der Waals surface area (Å²) in [4.78, 5) is 12.3. The Kier molecular flexibility index (Phi) is 3.96. The summed E-state index contributed by atoms with van der Waals surface area (Å²) < 4.78 is 0.388. The minimum Gasteiger partial charge on any atom is -0.267 e. The van der Waals surface area contributed by atoms with E-state index in [-0.39, 0.29) is 5.91 Å². The number of thioether (sulfide) groups is 1. The number of benzene rings is 1. The zero-order chi connectivity index (χ0) is 13.1. The Morgan fingerprint density at radius 3 is 2.61 bits per heavy atom. The first-order chi connectivity index (χ1) is 8.58. The van der Waals surface area contributed by atoms with Crippen LogP contribution in [0, 0.1) is 0 Å². The molecule has 3 nitrogen and oxygen atoms in total. The molecule has 18 heavy (non-hydrogen) atoms. The van der Waals surface area contributed by atoms with Crippen molar-refractivity contribution in [1.82, 2.24) is 5.01 Å². The molecule has 1 fully saturated rings. The summed E-state index contributed by atoms with van der Waals surface area (Å²) in [6, 6.07) is 9.92. The van der Waals surface area contributed by atoms with E-state index >= 15 is 0 Å². The van der Waals surface area contributed by atoms with Crippen molar-refractivity contribution in [3.8, 4) is 0 Å². The van der Waals surface area contributed by atoms with Crippen LogP contribution in [0.3, 0.4) is 0 Å². The van der Waals surface area contributed by atoms with Gasteiger partial charge in [0.05, 0.1) is 4.91 Å². The summed E-state index contributed by atoms with van der Waals surface area (Å²) in [6.07, 6.45) is 3.81. The molecule has 2 N–H and O–H groups in total. The van der Waals surface area contributed by atoms with Gasteiger partial charge in [-0.15, -0.1) is 0 Å². The van der Waals surface area contributed by atoms with Crippen LogP contribution in [0.1, 0.15) is 12.5 Å². The summed E-state index contributed by atoms with van der Waals surface area (Å²) in [7, 11) is 0. The minimum absolute atomic E-state index is 0.245. The van der Waals surface area contributed by atoms with Gasteiger partial charge in [0.15, 0.2) is 4.32 Å². The summed E-state index contributed by atoms with van der Waals surface area (Å²) >= 11 is 6.18. The van der Waals surface area contributed by atoms with Crippen LogP contribution < -0.4 is 5.84 Å². The summed E-state index contributed by atoms with van der Waals surface area (Å²) in [6.45, 7) is 1.94. The second kappa shape index (κ2) is 5.48. The lowest BCUT2D eigenvalue weighted by molar-refractivity contribution is -0.122. The lowest BCUT2D eigenvalue weighted by atomic mass is 10.1. The van der Waals surface area contributed by atoms with Crippen LogP contribution >= 0.6 is 24.0 Å². The molecule has 0 radical (unpaired) electrons. The Labute approximate surface area is 115 Å². The SMILES string of the molecule is CC(/C=C1\SC(=S)N(N)C1=O)=C\c1ccccc1. The van der Waals surface area contributed by atoms with E-state index in [1.807, 2.05) is 43.3 Å². The Morgan fingerprint density at radius 2 is 2.06 bits per heavy atom. The van der Waals surface area contributed by atoms with Crippen LogP contribution in [0.4, 0.5) is 0 Å². The Balaban J connectivity index is 2.22. The fourth-order valence-electron chi connectivity index (χ4n) is 1.54. The van der Waals surface area contributed by atoms with E-state index in [1.165, 1.54) is 11.8 Å². The molecule has 1 aromatic rings. The average Bonchev–Trinajstić information content (AvgIpc) is 2.58. The van der Waals surface area contributed by atoms with Crippen molar-refractivity contribution < 1.29 is 4.79 Å². The molecule has 5 heteroatoms. The predicted molar refractivity (Wildman–Crippen MR) is 79.4 cm³/mol. The van der Waals surface area contributed by atoms with Gasteiger partial charge in [0, 0.05) is 0 Å². The van der Waals surface area contributed by atoms with Crippen molar-refractivity contribution in [3.05, 3.63) is 52.4 Å². The zero-order valence-corrected chi connectivity index (χ0v) is 11.4. The zero-order valence-electron chi connectivity index (χ0n) is 9.79. The third kappa shape index (κ3) is 2.87. The van der Waals surface area contributed by atoms with Crippen molar-refractivity contribution in [2.45, 2.75) is 6.92 Å². The molecule has 0 spiro atoms. The first-order valence-corrected chi connectivity index (χ1v) is 6.56. The average molecular weight is 276 g/mol. The highest BCUT2D eigenvalue weighted by Gasteiger charge is 2.29. The maximum Gasteiger partial charge on any atom is 0.280 e. The normalized spacial score (nSPS) is 18.9. The highest BCUT2D eigenvalue weighted by Crippen LogP contribution is 2.29. The third-order valence-electron chi connectivity index (χ3n) is 2.38. The summed E-state index contributed by atoms with van der Waals surface area (Å²) in [5.41, 5.74) is 2.07. The molecule has 1 amide bonds. The quantitative estimate of drug-likeness (QED) is 0.390. The number of rotatable bonds is 2. The molecule has 0 bridgehead atoms. The lowest BCUT2D eigenvalue weighted by Gasteiger charge is -2.03. The van der Waals surface area contributed by atoms with Gasteiger partial charge in [-0.05, 0) is 24.1 Å². The molecule has 1 heterocycles. The van der Waals surface area contributed by atoms with E-state index < -0.39 is 0 Å². The Hall–Kier alpha value is -1.43. The van der Waals surface area contributed by atoms with E-state index in [2.05, 4.69) is 0 Å². The van der Waals surface area contributed by atoms with E-state index in [1.54, 1.807) is 6.08 Å². The Bertz CT molecular complexity index is 549. The molecular formula is C13H12N2OS2. The first-order valence-electron chi connectivity index (χ1n) is 5.34. The van der Waals surface area contributed by atoms with Crippen LogP contribution in [-0.2, 0) is 4.79 Å². The molecule has 0 atom stereocenters. The molecule has 0 aliphatic carbocycles. The van der Waals surface area contributed by atoms with Gasteiger partial charge < -0.3 is 0 Å². The maximum absolute atomic E-state index is 11.7. The van der Waals surface area contributed by atoms with Crippen LogP contribution in [0.5, 0.6) is 0 Å². The number of hydrazine groups is 1. The predicted octanol–water partition coefficient (Wildman–Crippen LogP) is 2.71. The van der Waals surface area contributed by atoms with Gasteiger partial charge in [0.1, 0.15) is 0 Å². The van der Waals surface area contributed by atoms with Crippen molar-refractivity contribution in [2.24, 2.45) is 5.84 Å². The molecule has 1 aliphatic heterocycles. The number of hydrogen-bond donors (Lipinski definition) is 1. The van der Waals surface area contributed by atoms with Crippen molar-refractivity contribution in [3.63, 3.8) is 0 Å². The smallest absolute Gasteiger partial charge is 0.267 e. The molecular weight excluding hydrogens is 264 g/mol. The number of nitrogens with zero attached hydrogens (tertiary/aromatic N) is 1. The van der Waals surface area contributed by atoms with Gasteiger partial charge in [0.2, 0.25) is 0 Å². The van der Waals surface area contributed by atoms with Crippen molar-refractivity contribution >= 4 is 40.3 Å². The van der Waals surface area contributed by atoms with Gasteiger partial charge in [-0.1, -0.05) is 60.4 Å². The van der Waals surface area contributed by atoms with Gasteiger partial charge in [-0.2, -0.15) is 0 Å². The van der Waals surface area contributed by atoms with Crippen LogP contribution in [0.15, 0.2) is 46.9 Å². The lowest BCUT2D eigenvalue weighted by Crippen LogP contribution is -2.34. The summed E-state index contributed by atoms with van der Waals surface area (Å²) in [5, 5.41) is 1.00. The standard InChI is InChI=1S/C13H12N2OS2/c1-9(7-10-5-3-2-4-6-10)8-11-12(16)15(14)13(17)18-11/h2-8H,14H2,1H3/b9-7+,11-8-.